The Bertz CT molecular complexity index is 1270. The molecule has 3 heterocycles. The first kappa shape index (κ1) is 24.4. The van der Waals surface area contributed by atoms with Gasteiger partial charge in [-0.3, -0.25) is 19.5 Å². The first-order chi connectivity index (χ1) is 16.5. The van der Waals surface area contributed by atoms with Gasteiger partial charge >= 0.3 is 0 Å². The topological polar surface area (TPSA) is 115 Å². The van der Waals surface area contributed by atoms with E-state index in [0.717, 1.165) is 21.3 Å². The zero-order valence-electron chi connectivity index (χ0n) is 18.3. The Morgan fingerprint density at radius 1 is 1.09 bits per heavy atom. The summed E-state index contributed by atoms with van der Waals surface area (Å²) in [5.41, 5.74) is 1.93. The summed E-state index contributed by atoms with van der Waals surface area (Å²) in [5, 5.41) is 25.2. The number of hydrogen-bond donors (Lipinski definition) is 2. The van der Waals surface area contributed by atoms with Crippen LogP contribution < -0.4 is 10.6 Å². The number of aromatic nitrogens is 5. The van der Waals surface area contributed by atoms with Crippen molar-refractivity contribution in [1.82, 2.24) is 30.3 Å². The Morgan fingerprint density at radius 3 is 2.74 bits per heavy atom. The summed E-state index contributed by atoms with van der Waals surface area (Å²) < 4.78 is 2.68. The monoisotopic (exact) mass is 531 g/mol. The van der Waals surface area contributed by atoms with Gasteiger partial charge in [0.05, 0.1) is 17.2 Å². The molecule has 0 aliphatic carbocycles. The van der Waals surface area contributed by atoms with E-state index in [1.807, 2.05) is 54.1 Å². The number of rotatable bonds is 10. The second-order valence-electron chi connectivity index (χ2n) is 6.88. The van der Waals surface area contributed by atoms with Crippen LogP contribution in [0.4, 0.5) is 5.13 Å². The normalized spacial score (nSPS) is 10.9. The van der Waals surface area contributed by atoms with Gasteiger partial charge in [-0.1, -0.05) is 60.0 Å². The van der Waals surface area contributed by atoms with E-state index >= 15 is 0 Å². The lowest BCUT2D eigenvalue weighted by Gasteiger charge is -2.11. The lowest BCUT2D eigenvalue weighted by Crippen LogP contribution is -2.24. The zero-order chi connectivity index (χ0) is 23.9. The quantitative estimate of drug-likeness (QED) is 0.230. The summed E-state index contributed by atoms with van der Waals surface area (Å²) in [6.07, 6.45) is 0. The zero-order valence-corrected chi connectivity index (χ0v) is 21.6. The van der Waals surface area contributed by atoms with Crippen LogP contribution in [-0.4, -0.2) is 48.3 Å². The van der Waals surface area contributed by atoms with Gasteiger partial charge in [0.2, 0.25) is 11.0 Å². The fraction of sp³-hybridized carbons (Fsp3) is 0.238. The van der Waals surface area contributed by atoms with E-state index in [-0.39, 0.29) is 24.1 Å². The molecule has 4 rings (SSSR count). The summed E-state index contributed by atoms with van der Waals surface area (Å²) >= 11 is 5.57. The van der Waals surface area contributed by atoms with Crippen molar-refractivity contribution < 1.29 is 9.59 Å². The van der Waals surface area contributed by atoms with Crippen LogP contribution in [-0.2, 0) is 11.3 Å². The number of aryl methyl sites for hydroxylation is 1. The number of benzene rings is 1. The average Bonchev–Trinajstić information content (AvgIpc) is 3.58. The molecule has 0 saturated heterocycles. The minimum absolute atomic E-state index is 0.126. The highest BCUT2D eigenvalue weighted by atomic mass is 32.2. The molecule has 0 aliphatic rings. The largest absolute Gasteiger partial charge is 0.344 e. The first-order valence-electron chi connectivity index (χ1n) is 10.3. The van der Waals surface area contributed by atoms with Gasteiger partial charge in [-0.2, -0.15) is 0 Å². The number of anilines is 1. The van der Waals surface area contributed by atoms with E-state index in [2.05, 4.69) is 31.0 Å². The molecule has 0 bridgehead atoms. The molecule has 0 radical (unpaired) electrons. The van der Waals surface area contributed by atoms with E-state index in [1.54, 1.807) is 17.8 Å². The standard InChI is InChI=1S/C21H21N7O2S4/c1-3-31-21-27-25-19(34-21)23-17(29)12-33-20-26-24-16(11-22-18(30)15-8-5-9-32-15)28(20)14-7-4-6-13(2)10-14/h4-10H,3,11-12H2,1-2H3,(H,22,30)(H,23,25,29). The number of thiophene rings is 1. The van der Waals surface area contributed by atoms with Crippen molar-refractivity contribution in [1.29, 1.82) is 0 Å². The maximum Gasteiger partial charge on any atom is 0.261 e. The Hall–Kier alpha value is -2.74. The molecule has 0 saturated carbocycles. The predicted molar refractivity (Wildman–Crippen MR) is 137 cm³/mol. The van der Waals surface area contributed by atoms with Crippen molar-refractivity contribution in [3.8, 4) is 5.69 Å². The van der Waals surface area contributed by atoms with Gasteiger partial charge in [0.25, 0.3) is 5.91 Å². The molecule has 4 aromatic rings. The minimum Gasteiger partial charge on any atom is -0.344 e. The van der Waals surface area contributed by atoms with Crippen molar-refractivity contribution in [3.63, 3.8) is 0 Å². The molecule has 13 heteroatoms. The van der Waals surface area contributed by atoms with Gasteiger partial charge in [0.15, 0.2) is 15.3 Å². The van der Waals surface area contributed by atoms with Crippen LogP contribution in [0.5, 0.6) is 0 Å². The van der Waals surface area contributed by atoms with Crippen molar-refractivity contribution in [2.75, 3.05) is 16.8 Å². The Morgan fingerprint density at radius 2 is 1.97 bits per heavy atom. The van der Waals surface area contributed by atoms with Crippen molar-refractivity contribution in [3.05, 3.63) is 58.0 Å². The van der Waals surface area contributed by atoms with Crippen LogP contribution in [0, 0.1) is 6.92 Å². The first-order valence-corrected chi connectivity index (χ1v) is 13.9. The van der Waals surface area contributed by atoms with Gasteiger partial charge in [-0.25, -0.2) is 0 Å². The molecule has 0 aliphatic heterocycles. The Labute approximate surface area is 212 Å². The fourth-order valence-electron chi connectivity index (χ4n) is 2.92. The van der Waals surface area contributed by atoms with E-state index in [9.17, 15) is 9.59 Å². The number of carbonyl (C=O) groups is 2. The minimum atomic E-state index is -0.208. The van der Waals surface area contributed by atoms with Gasteiger partial charge in [-0.15, -0.1) is 31.7 Å². The molecule has 1 aromatic carbocycles. The molecule has 3 aromatic heterocycles. The molecule has 34 heavy (non-hydrogen) atoms. The highest BCUT2D eigenvalue weighted by Gasteiger charge is 2.18. The molecule has 2 N–H and O–H groups in total. The van der Waals surface area contributed by atoms with Crippen LogP contribution in [0.2, 0.25) is 0 Å². The Kier molecular flexibility index (Phi) is 8.32. The molecule has 0 spiro atoms. The smallest absolute Gasteiger partial charge is 0.261 e. The maximum atomic E-state index is 12.5. The van der Waals surface area contributed by atoms with Crippen molar-refractivity contribution >= 4 is 63.1 Å². The molecule has 2 amide bonds. The number of carbonyl (C=O) groups excluding carboxylic acids is 2. The molecule has 9 nitrogen and oxygen atoms in total. The summed E-state index contributed by atoms with van der Waals surface area (Å²) in [7, 11) is 0. The third-order valence-corrected chi connectivity index (χ3v) is 8.02. The van der Waals surface area contributed by atoms with Gasteiger partial charge in [0, 0.05) is 5.69 Å². The fourth-order valence-corrected chi connectivity index (χ4v) is 5.99. The molecule has 0 unspecified atom stereocenters. The number of amides is 2. The molecule has 0 atom stereocenters. The molecular formula is C21H21N7O2S4. The average molecular weight is 532 g/mol. The van der Waals surface area contributed by atoms with E-state index < -0.39 is 0 Å². The predicted octanol–water partition coefficient (Wildman–Crippen LogP) is 4.26. The van der Waals surface area contributed by atoms with Gasteiger partial charge in [-0.05, 0) is 41.8 Å². The number of nitrogens with zero attached hydrogens (tertiary/aromatic N) is 5. The van der Waals surface area contributed by atoms with Crippen LogP contribution in [0.25, 0.3) is 5.69 Å². The van der Waals surface area contributed by atoms with E-state index in [0.29, 0.717) is 21.0 Å². The summed E-state index contributed by atoms with van der Waals surface area (Å²) in [5.74, 6) is 1.22. The van der Waals surface area contributed by atoms with Crippen molar-refractivity contribution in [2.45, 2.75) is 29.9 Å². The number of thioether (sulfide) groups is 2. The lowest BCUT2D eigenvalue weighted by molar-refractivity contribution is -0.113. The second kappa shape index (κ2) is 11.6. The van der Waals surface area contributed by atoms with Crippen molar-refractivity contribution in [2.24, 2.45) is 0 Å². The van der Waals surface area contributed by atoms with Crippen LogP contribution >= 0.6 is 46.2 Å². The van der Waals surface area contributed by atoms with Gasteiger partial charge < -0.3 is 5.32 Å². The SMILES string of the molecule is CCSc1nnc(NC(=O)CSc2nnc(CNC(=O)c3cccs3)n2-c2cccc(C)c2)s1. The van der Waals surface area contributed by atoms with E-state index in [4.69, 9.17) is 0 Å². The van der Waals surface area contributed by atoms with Crippen LogP contribution in [0.1, 0.15) is 28.0 Å². The third-order valence-electron chi connectivity index (χ3n) is 4.37. The van der Waals surface area contributed by atoms with Crippen LogP contribution in [0.3, 0.4) is 0 Å². The third kappa shape index (κ3) is 6.23. The summed E-state index contributed by atoms with van der Waals surface area (Å²) in [4.78, 5) is 25.5. The maximum absolute atomic E-state index is 12.5. The Balaban J connectivity index is 1.47. The highest BCUT2D eigenvalue weighted by molar-refractivity contribution is 8.01. The van der Waals surface area contributed by atoms with Crippen LogP contribution in [0.15, 0.2) is 51.3 Å². The second-order valence-corrected chi connectivity index (χ2v) is 11.3. The number of nitrogens with one attached hydrogen (secondary N) is 2. The summed E-state index contributed by atoms with van der Waals surface area (Å²) in [6.45, 7) is 4.24. The number of hydrogen-bond acceptors (Lipinski definition) is 10. The lowest BCUT2D eigenvalue weighted by atomic mass is 10.2. The molecular weight excluding hydrogens is 511 g/mol. The van der Waals surface area contributed by atoms with Gasteiger partial charge in [0.1, 0.15) is 0 Å². The molecule has 0 fully saturated rings. The molecule has 176 valence electrons. The van der Waals surface area contributed by atoms with E-state index in [1.165, 1.54) is 34.4 Å². The summed E-state index contributed by atoms with van der Waals surface area (Å²) in [6, 6.07) is 11.5. The highest BCUT2D eigenvalue weighted by Crippen LogP contribution is 2.26.